The first-order valence-electron chi connectivity index (χ1n) is 11.8. The second-order valence-corrected chi connectivity index (χ2v) is 10.3. The Bertz CT molecular complexity index is 1480. The lowest BCUT2D eigenvalue weighted by molar-refractivity contribution is 0.0656. The van der Waals surface area contributed by atoms with Crippen LogP contribution in [0.15, 0.2) is 48.5 Å². The number of methoxy groups -OCH3 is 1. The highest BCUT2D eigenvalue weighted by atomic mass is 79.9. The molecule has 0 fully saturated rings. The van der Waals surface area contributed by atoms with Crippen LogP contribution in [0.3, 0.4) is 0 Å². The van der Waals surface area contributed by atoms with Crippen LogP contribution in [0.4, 0.5) is 0 Å². The monoisotopic (exact) mass is 612 g/mol. The molecule has 2 amide bonds. The van der Waals surface area contributed by atoms with Crippen LogP contribution in [0.1, 0.15) is 33.6 Å². The first-order chi connectivity index (χ1) is 17.5. The van der Waals surface area contributed by atoms with E-state index in [4.69, 9.17) is 9.47 Å². The average Bonchev–Trinajstić information content (AvgIpc) is 3.32. The smallest absolute Gasteiger partial charge is 0.262 e. The normalized spacial score (nSPS) is 13.2. The summed E-state index contributed by atoms with van der Waals surface area (Å²) < 4.78 is 13.7. The molecule has 0 saturated carbocycles. The van der Waals surface area contributed by atoms with Gasteiger partial charge in [-0.1, -0.05) is 62.2 Å². The standard InChI is InChI=1S/C28H26Br2N2O4/c1-31-20-16-23(36-13-7-11-30)22(35-2)15-19(20)24-21(31)14-18(17-8-4-3-5-9-17)25-26(24)28(34)32(27(25)33)12-6-10-29/h3-5,8-9,14-16H,6-7,10-13H2,1-2H3. The number of hydrogen-bond acceptors (Lipinski definition) is 4. The Morgan fingerprint density at radius 3 is 2.28 bits per heavy atom. The van der Waals surface area contributed by atoms with Gasteiger partial charge in [0.15, 0.2) is 11.5 Å². The number of hydrogen-bond donors (Lipinski definition) is 0. The fourth-order valence-corrected chi connectivity index (χ4v) is 5.42. The highest BCUT2D eigenvalue weighted by molar-refractivity contribution is 9.09. The topological polar surface area (TPSA) is 60.8 Å². The molecule has 0 atom stereocenters. The van der Waals surface area contributed by atoms with Crippen molar-refractivity contribution in [1.29, 1.82) is 0 Å². The first-order valence-corrected chi connectivity index (χ1v) is 14.1. The molecule has 8 heteroatoms. The van der Waals surface area contributed by atoms with Crippen molar-refractivity contribution in [3.8, 4) is 22.6 Å². The lowest BCUT2D eigenvalue weighted by atomic mass is 9.93. The predicted octanol–water partition coefficient (Wildman–Crippen LogP) is 6.55. The maximum absolute atomic E-state index is 13.8. The number of aryl methyl sites for hydroxylation is 1. The molecule has 6 nitrogen and oxygen atoms in total. The minimum absolute atomic E-state index is 0.240. The van der Waals surface area contributed by atoms with Crippen molar-refractivity contribution in [2.24, 2.45) is 7.05 Å². The van der Waals surface area contributed by atoms with Gasteiger partial charge in [0, 0.05) is 41.1 Å². The Morgan fingerprint density at radius 2 is 1.58 bits per heavy atom. The fourth-order valence-electron chi connectivity index (χ4n) is 4.94. The van der Waals surface area contributed by atoms with Gasteiger partial charge in [0.2, 0.25) is 0 Å². The number of carbonyl (C=O) groups excluding carboxylic acids is 2. The Balaban J connectivity index is 1.82. The third-order valence-corrected chi connectivity index (χ3v) is 7.76. The SMILES string of the molecule is COc1cc2c3c4c(c(-c5ccccc5)cc3n(C)c2cc1OCCCBr)C(=O)N(CCCBr)C4=O. The van der Waals surface area contributed by atoms with Crippen LogP contribution in [0, 0.1) is 0 Å². The molecule has 5 rings (SSSR count). The molecule has 2 heterocycles. The zero-order valence-electron chi connectivity index (χ0n) is 20.1. The molecular formula is C28H26Br2N2O4. The summed E-state index contributed by atoms with van der Waals surface area (Å²) in [6.45, 7) is 0.924. The second kappa shape index (κ2) is 10.3. The maximum atomic E-state index is 13.8. The third-order valence-electron chi connectivity index (χ3n) is 6.63. The van der Waals surface area contributed by atoms with Crippen LogP contribution >= 0.6 is 31.9 Å². The zero-order valence-corrected chi connectivity index (χ0v) is 23.3. The van der Waals surface area contributed by atoms with E-state index in [9.17, 15) is 9.59 Å². The van der Waals surface area contributed by atoms with E-state index in [-0.39, 0.29) is 11.8 Å². The number of alkyl halides is 2. The summed E-state index contributed by atoms with van der Waals surface area (Å²) in [7, 11) is 3.59. The Kier molecular flexibility index (Phi) is 7.08. The molecule has 0 N–H and O–H groups in total. The summed E-state index contributed by atoms with van der Waals surface area (Å²) in [4.78, 5) is 28.8. The second-order valence-electron chi connectivity index (χ2n) is 8.71. The highest BCUT2D eigenvalue weighted by Gasteiger charge is 2.40. The van der Waals surface area contributed by atoms with Gasteiger partial charge in [-0.05, 0) is 36.1 Å². The fraction of sp³-hybridized carbons (Fsp3) is 0.286. The molecule has 0 unspecified atom stereocenters. The van der Waals surface area contributed by atoms with E-state index < -0.39 is 0 Å². The van der Waals surface area contributed by atoms with Crippen molar-refractivity contribution < 1.29 is 19.1 Å². The number of halogens is 2. The number of amides is 2. The number of imide groups is 1. The molecule has 0 bridgehead atoms. The number of carbonyl (C=O) groups is 2. The van der Waals surface area contributed by atoms with Gasteiger partial charge in [0.1, 0.15) is 0 Å². The summed E-state index contributed by atoms with van der Waals surface area (Å²) >= 11 is 6.86. The van der Waals surface area contributed by atoms with Crippen LogP contribution in [-0.4, -0.2) is 52.2 Å². The van der Waals surface area contributed by atoms with E-state index in [0.29, 0.717) is 47.5 Å². The minimum atomic E-state index is -0.247. The van der Waals surface area contributed by atoms with Crippen molar-refractivity contribution in [3.05, 3.63) is 59.7 Å². The van der Waals surface area contributed by atoms with Crippen molar-refractivity contribution in [2.45, 2.75) is 12.8 Å². The van der Waals surface area contributed by atoms with E-state index >= 15 is 0 Å². The quantitative estimate of drug-likeness (QED) is 0.122. The molecule has 0 radical (unpaired) electrons. The summed E-state index contributed by atoms with van der Waals surface area (Å²) in [6.07, 6.45) is 1.55. The summed E-state index contributed by atoms with van der Waals surface area (Å²) in [6, 6.07) is 15.7. The minimum Gasteiger partial charge on any atom is -0.493 e. The van der Waals surface area contributed by atoms with Gasteiger partial charge in [-0.15, -0.1) is 0 Å². The molecule has 4 aromatic rings. The van der Waals surface area contributed by atoms with Gasteiger partial charge in [-0.25, -0.2) is 0 Å². The largest absolute Gasteiger partial charge is 0.493 e. The van der Waals surface area contributed by atoms with Gasteiger partial charge in [-0.3, -0.25) is 14.5 Å². The van der Waals surface area contributed by atoms with Gasteiger partial charge in [0.05, 0.1) is 35.9 Å². The van der Waals surface area contributed by atoms with Crippen LogP contribution < -0.4 is 9.47 Å². The molecule has 3 aromatic carbocycles. The number of rotatable bonds is 9. The Labute approximate surface area is 226 Å². The van der Waals surface area contributed by atoms with E-state index in [0.717, 1.165) is 44.7 Å². The predicted molar refractivity (Wildman–Crippen MR) is 150 cm³/mol. The van der Waals surface area contributed by atoms with Crippen LogP contribution in [-0.2, 0) is 7.05 Å². The molecule has 1 aliphatic heterocycles. The Morgan fingerprint density at radius 1 is 0.861 bits per heavy atom. The van der Waals surface area contributed by atoms with Crippen molar-refractivity contribution >= 4 is 65.5 Å². The molecule has 0 saturated heterocycles. The molecule has 0 aliphatic carbocycles. The average molecular weight is 614 g/mol. The number of ether oxygens (including phenoxy) is 2. The lowest BCUT2D eigenvalue weighted by Gasteiger charge is -2.13. The molecular weight excluding hydrogens is 588 g/mol. The van der Waals surface area contributed by atoms with E-state index in [1.807, 2.05) is 55.6 Å². The molecule has 186 valence electrons. The Hall–Kier alpha value is -2.84. The highest BCUT2D eigenvalue weighted by Crippen LogP contribution is 2.44. The number of benzene rings is 3. The summed E-state index contributed by atoms with van der Waals surface area (Å²) in [5.74, 6) is 0.759. The molecule has 0 spiro atoms. The van der Waals surface area contributed by atoms with Gasteiger partial charge in [-0.2, -0.15) is 0 Å². The van der Waals surface area contributed by atoms with Crippen LogP contribution in [0.5, 0.6) is 11.5 Å². The maximum Gasteiger partial charge on any atom is 0.262 e. The van der Waals surface area contributed by atoms with E-state index in [1.165, 1.54) is 4.90 Å². The first kappa shape index (κ1) is 24.8. The zero-order chi connectivity index (χ0) is 25.4. The summed E-state index contributed by atoms with van der Waals surface area (Å²) in [5.41, 5.74) is 4.39. The molecule has 1 aromatic heterocycles. The van der Waals surface area contributed by atoms with Crippen molar-refractivity contribution in [1.82, 2.24) is 9.47 Å². The van der Waals surface area contributed by atoms with Gasteiger partial charge < -0.3 is 14.0 Å². The number of fused-ring (bicyclic) bond motifs is 5. The van der Waals surface area contributed by atoms with Crippen molar-refractivity contribution in [3.63, 3.8) is 0 Å². The van der Waals surface area contributed by atoms with Crippen LogP contribution in [0.2, 0.25) is 0 Å². The van der Waals surface area contributed by atoms with E-state index in [2.05, 4.69) is 36.4 Å². The van der Waals surface area contributed by atoms with E-state index in [1.54, 1.807) is 7.11 Å². The van der Waals surface area contributed by atoms with Crippen molar-refractivity contribution in [2.75, 3.05) is 30.9 Å². The summed E-state index contributed by atoms with van der Waals surface area (Å²) in [5, 5.41) is 3.19. The molecule has 1 aliphatic rings. The number of aromatic nitrogens is 1. The third kappa shape index (κ3) is 4.00. The number of nitrogens with zero attached hydrogens (tertiary/aromatic N) is 2. The van der Waals surface area contributed by atoms with Gasteiger partial charge in [0.25, 0.3) is 11.8 Å². The molecule has 36 heavy (non-hydrogen) atoms. The van der Waals surface area contributed by atoms with Gasteiger partial charge >= 0.3 is 0 Å². The lowest BCUT2D eigenvalue weighted by Crippen LogP contribution is -2.31. The van der Waals surface area contributed by atoms with Crippen LogP contribution in [0.25, 0.3) is 32.9 Å².